The molecular weight excluding hydrogens is 216 g/mol. The molecule has 0 aliphatic carbocycles. The normalized spacial score (nSPS) is 30.2. The second-order valence-corrected chi connectivity index (χ2v) is 5.60. The van der Waals surface area contributed by atoms with E-state index in [4.69, 9.17) is 4.74 Å². The van der Waals surface area contributed by atoms with Gasteiger partial charge in [-0.15, -0.1) is 0 Å². The summed E-state index contributed by atoms with van der Waals surface area (Å²) in [4.78, 5) is 2.39. The molecule has 17 heavy (non-hydrogen) atoms. The van der Waals surface area contributed by atoms with Crippen molar-refractivity contribution in [1.82, 2.24) is 10.2 Å². The summed E-state index contributed by atoms with van der Waals surface area (Å²) in [7, 11) is 0. The molecule has 1 fully saturated rings. The lowest BCUT2D eigenvalue weighted by Crippen LogP contribution is -2.58. The molecule has 3 unspecified atom stereocenters. The summed E-state index contributed by atoms with van der Waals surface area (Å²) in [5, 5.41) is 13.0. The Morgan fingerprint density at radius 3 is 2.41 bits per heavy atom. The van der Waals surface area contributed by atoms with Crippen LogP contribution in [0.2, 0.25) is 0 Å². The van der Waals surface area contributed by atoms with Crippen LogP contribution in [0.4, 0.5) is 0 Å². The first-order valence-corrected chi connectivity index (χ1v) is 6.73. The highest BCUT2D eigenvalue weighted by molar-refractivity contribution is 4.88. The third-order valence-corrected chi connectivity index (χ3v) is 3.22. The average molecular weight is 244 g/mol. The summed E-state index contributed by atoms with van der Waals surface area (Å²) in [6.45, 7) is 12.4. The lowest BCUT2D eigenvalue weighted by atomic mass is 10.0. The van der Waals surface area contributed by atoms with Gasteiger partial charge in [-0.25, -0.2) is 0 Å². The minimum Gasteiger partial charge on any atom is -0.394 e. The third-order valence-electron chi connectivity index (χ3n) is 3.22. The number of ether oxygens (including phenoxy) is 1. The van der Waals surface area contributed by atoms with Crippen molar-refractivity contribution >= 4 is 0 Å². The van der Waals surface area contributed by atoms with Crippen LogP contribution in [-0.2, 0) is 4.74 Å². The van der Waals surface area contributed by atoms with Gasteiger partial charge in [-0.3, -0.25) is 4.90 Å². The fourth-order valence-corrected chi connectivity index (χ4v) is 2.50. The molecule has 4 heteroatoms. The highest BCUT2D eigenvalue weighted by Crippen LogP contribution is 2.14. The Labute approximate surface area is 105 Å². The second-order valence-electron chi connectivity index (χ2n) is 5.60. The van der Waals surface area contributed by atoms with E-state index in [2.05, 4.69) is 37.9 Å². The number of nitrogens with one attached hydrogen (secondary N) is 1. The van der Waals surface area contributed by atoms with Crippen LogP contribution < -0.4 is 5.32 Å². The first-order valence-electron chi connectivity index (χ1n) is 6.73. The smallest absolute Gasteiger partial charge is 0.0678 e. The molecule has 2 N–H and O–H groups in total. The summed E-state index contributed by atoms with van der Waals surface area (Å²) < 4.78 is 5.72. The van der Waals surface area contributed by atoms with E-state index in [0.29, 0.717) is 0 Å². The van der Waals surface area contributed by atoms with E-state index in [9.17, 15) is 5.11 Å². The molecule has 1 heterocycles. The van der Waals surface area contributed by atoms with Crippen molar-refractivity contribution in [3.8, 4) is 0 Å². The van der Waals surface area contributed by atoms with E-state index in [1.54, 1.807) is 0 Å². The summed E-state index contributed by atoms with van der Waals surface area (Å²) in [5.74, 6) is 0. The van der Waals surface area contributed by atoms with Crippen molar-refractivity contribution in [1.29, 1.82) is 0 Å². The minimum atomic E-state index is -0.202. The van der Waals surface area contributed by atoms with Crippen LogP contribution in [-0.4, -0.2) is 60.5 Å². The number of morpholine rings is 1. The molecule has 0 aromatic heterocycles. The number of aliphatic hydroxyl groups is 1. The molecule has 0 radical (unpaired) electrons. The van der Waals surface area contributed by atoms with Gasteiger partial charge >= 0.3 is 0 Å². The Kier molecular flexibility index (Phi) is 5.86. The van der Waals surface area contributed by atoms with Gasteiger partial charge in [0.05, 0.1) is 24.4 Å². The molecule has 4 nitrogen and oxygen atoms in total. The molecule has 0 amide bonds. The zero-order valence-corrected chi connectivity index (χ0v) is 11.7. The van der Waals surface area contributed by atoms with Crippen LogP contribution in [0, 0.1) is 0 Å². The van der Waals surface area contributed by atoms with Gasteiger partial charge in [-0.2, -0.15) is 0 Å². The fraction of sp³-hybridized carbons (Fsp3) is 1.00. The van der Waals surface area contributed by atoms with Crippen molar-refractivity contribution in [2.45, 2.75) is 51.9 Å². The standard InChI is InChI=1S/C13H28N2O2/c1-5-6-14-13(4,10-16)9-15-7-11(2)17-12(3)8-15/h11-12,14,16H,5-10H2,1-4H3. The molecule has 1 aliphatic rings. The SMILES string of the molecule is CCCNC(C)(CO)CN1CC(C)OC(C)C1. The minimum absolute atomic E-state index is 0.174. The van der Waals surface area contributed by atoms with Crippen LogP contribution in [0.3, 0.4) is 0 Å². The van der Waals surface area contributed by atoms with Crippen LogP contribution >= 0.6 is 0 Å². The van der Waals surface area contributed by atoms with E-state index in [1.165, 1.54) is 0 Å². The van der Waals surface area contributed by atoms with Gasteiger partial charge in [0.1, 0.15) is 0 Å². The topological polar surface area (TPSA) is 44.7 Å². The molecule has 1 aliphatic heterocycles. The predicted molar refractivity (Wildman–Crippen MR) is 70.2 cm³/mol. The summed E-state index contributed by atoms with van der Waals surface area (Å²) in [5.41, 5.74) is -0.202. The Morgan fingerprint density at radius 2 is 1.94 bits per heavy atom. The molecular formula is C13H28N2O2. The molecule has 0 aromatic carbocycles. The summed E-state index contributed by atoms with van der Waals surface area (Å²) in [6, 6.07) is 0. The molecule has 0 saturated carbocycles. The summed E-state index contributed by atoms with van der Waals surface area (Å²) in [6.07, 6.45) is 1.66. The van der Waals surface area contributed by atoms with Gasteiger partial charge in [0, 0.05) is 19.6 Å². The zero-order chi connectivity index (χ0) is 12.9. The van der Waals surface area contributed by atoms with E-state index in [0.717, 1.165) is 32.6 Å². The van der Waals surface area contributed by atoms with Crippen LogP contribution in [0.25, 0.3) is 0 Å². The monoisotopic (exact) mass is 244 g/mol. The van der Waals surface area contributed by atoms with E-state index < -0.39 is 0 Å². The molecule has 1 rings (SSSR count). The first kappa shape index (κ1) is 14.9. The maximum atomic E-state index is 9.55. The molecule has 0 bridgehead atoms. The Hall–Kier alpha value is -0.160. The van der Waals surface area contributed by atoms with Crippen molar-refractivity contribution < 1.29 is 9.84 Å². The quantitative estimate of drug-likeness (QED) is 0.727. The number of rotatable bonds is 6. The Morgan fingerprint density at radius 1 is 1.35 bits per heavy atom. The van der Waals surface area contributed by atoms with Crippen molar-refractivity contribution in [2.75, 3.05) is 32.8 Å². The molecule has 0 aromatic rings. The number of nitrogens with zero attached hydrogens (tertiary/aromatic N) is 1. The van der Waals surface area contributed by atoms with Crippen molar-refractivity contribution in [2.24, 2.45) is 0 Å². The Balaban J connectivity index is 2.48. The first-order chi connectivity index (χ1) is 7.99. The maximum Gasteiger partial charge on any atom is 0.0678 e. The van der Waals surface area contributed by atoms with Crippen molar-refractivity contribution in [3.05, 3.63) is 0 Å². The number of hydrogen-bond acceptors (Lipinski definition) is 4. The highest BCUT2D eigenvalue weighted by Gasteiger charge is 2.29. The van der Waals surface area contributed by atoms with Gasteiger partial charge in [-0.05, 0) is 33.7 Å². The zero-order valence-electron chi connectivity index (χ0n) is 11.7. The number of aliphatic hydroxyl groups excluding tert-OH is 1. The van der Waals surface area contributed by atoms with E-state index in [1.807, 2.05) is 0 Å². The average Bonchev–Trinajstić information content (AvgIpc) is 2.25. The van der Waals surface area contributed by atoms with Crippen LogP contribution in [0.1, 0.15) is 34.1 Å². The number of hydrogen-bond donors (Lipinski definition) is 2. The van der Waals surface area contributed by atoms with E-state index >= 15 is 0 Å². The van der Waals surface area contributed by atoms with Gasteiger partial charge in [0.25, 0.3) is 0 Å². The molecule has 1 saturated heterocycles. The fourth-order valence-electron chi connectivity index (χ4n) is 2.50. The summed E-state index contributed by atoms with van der Waals surface area (Å²) >= 11 is 0. The van der Waals surface area contributed by atoms with Gasteiger partial charge in [-0.1, -0.05) is 6.92 Å². The lowest BCUT2D eigenvalue weighted by Gasteiger charge is -2.40. The maximum absolute atomic E-state index is 9.55. The van der Waals surface area contributed by atoms with Gasteiger partial charge < -0.3 is 15.2 Å². The van der Waals surface area contributed by atoms with Crippen LogP contribution in [0.15, 0.2) is 0 Å². The molecule has 102 valence electrons. The molecule has 3 atom stereocenters. The molecule has 0 spiro atoms. The van der Waals surface area contributed by atoms with Gasteiger partial charge in [0.2, 0.25) is 0 Å². The highest BCUT2D eigenvalue weighted by atomic mass is 16.5. The largest absolute Gasteiger partial charge is 0.394 e. The second kappa shape index (κ2) is 6.69. The van der Waals surface area contributed by atoms with Gasteiger partial charge in [0.15, 0.2) is 0 Å². The van der Waals surface area contributed by atoms with Crippen LogP contribution in [0.5, 0.6) is 0 Å². The van der Waals surface area contributed by atoms with Crippen molar-refractivity contribution in [3.63, 3.8) is 0 Å². The predicted octanol–water partition coefficient (Wildman–Crippen LogP) is 0.846. The lowest BCUT2D eigenvalue weighted by molar-refractivity contribution is -0.0756. The van der Waals surface area contributed by atoms with E-state index in [-0.39, 0.29) is 24.4 Å². The Bertz CT molecular complexity index is 215. The third kappa shape index (κ3) is 4.92.